The second-order valence-corrected chi connectivity index (χ2v) is 48.7. The Hall–Kier alpha value is -10.1. The lowest BCUT2D eigenvalue weighted by molar-refractivity contribution is -0.0367. The Bertz CT molecular complexity index is 5710. The van der Waals surface area contributed by atoms with Crippen molar-refractivity contribution in [3.8, 4) is 41.8 Å². The number of thiazole rings is 4. The Labute approximate surface area is 831 Å². The van der Waals surface area contributed by atoms with Crippen LogP contribution < -0.4 is 42.5 Å². The van der Waals surface area contributed by atoms with E-state index < -0.39 is 45.8 Å². The van der Waals surface area contributed by atoms with Crippen LogP contribution in [0.25, 0.3) is 41.8 Å². The van der Waals surface area contributed by atoms with Gasteiger partial charge in [0.15, 0.2) is 20.0 Å². The van der Waals surface area contributed by atoms with Gasteiger partial charge in [-0.1, -0.05) is 20.8 Å². The molecule has 4 saturated heterocycles. The van der Waals surface area contributed by atoms with Crippen molar-refractivity contribution in [1.29, 1.82) is 0 Å². The average molecular weight is 1980 g/mol. The molecule has 5 atom stereocenters. The molecule has 0 radical (unpaired) electrons. The number of anilines is 4. The largest absolute Gasteiger partial charge is 0.390 e. The summed E-state index contributed by atoms with van der Waals surface area (Å²) >= 11 is 4.80. The van der Waals surface area contributed by atoms with Gasteiger partial charge in [0, 0.05) is 133 Å². The summed E-state index contributed by atoms with van der Waals surface area (Å²) in [7, 11) is 0. The lowest BCUT2D eigenvalue weighted by atomic mass is 9.77. The molecule has 0 aromatic carbocycles. The summed E-state index contributed by atoms with van der Waals surface area (Å²) in [5.41, 5.74) is 3.07. The summed E-state index contributed by atoms with van der Waals surface area (Å²) in [6, 6.07) is 7.80. The van der Waals surface area contributed by atoms with Gasteiger partial charge in [-0.2, -0.15) is 0 Å². The molecule has 4 aliphatic heterocycles. The van der Waals surface area contributed by atoms with Crippen LogP contribution in [0.4, 0.5) is 23.3 Å². The minimum absolute atomic E-state index is 0.0845. The first-order valence-electron chi connectivity index (χ1n) is 48.1. The van der Waals surface area contributed by atoms with Gasteiger partial charge in [0.1, 0.15) is 46.0 Å². The van der Waals surface area contributed by atoms with E-state index in [1.807, 2.05) is 99.3 Å². The maximum Gasteiger partial charge on any atom is 0.280 e. The highest BCUT2D eigenvalue weighted by Gasteiger charge is 2.43. The predicted octanol–water partition coefficient (Wildman–Crippen LogP) is 17.3. The standard InChI is InChI=1S/2C26H39N5O3S.C25H35N5O3S.C25H37N5O3S/c1-15-13-18(29-24(3,4)5)27-14-17(15)20-19(23(33)31-12-10-11-16(31)2)28-22(35-20)21(32)30-25(6,7)26(8,9)34;1-15-12-19(28-14-25(4,5)6)27-13-18(15)21-20(24(33)31-11-9-10-16(31)2)30-23(35-21)22(32)29-17(3)26(7,8)34;1-14-10-18(29-24(3,4)5)26-13-17(14)20-19(23(32)30-9-7-8-15(30)2)28-22(34-20)21(31)27-16-11-25(6,33)12-16;1-15-13-18(29-24(3,4)5)27-14-17(15)20-19(23(32)30-12-8-9-16(30)2)28-22(34-20)21(31)26-11-10-25(6,7)33/h13-14,16,34H,10-12H2,1-9H3,(H,27,29)(H,30,32);12-13,16-17,34H,9-11,14H2,1-8H3,(H,27,28)(H,29,32);10,13,15-16,33H,7-9,11-12H2,1-6H3,(H,26,29)(H,27,31);13-14,16,33H,8-12H2,1-7H3,(H,26,31)(H,27,29)/t16-;16-,17+;15-,16?,25?;16-/m0000/s1. The first kappa shape index (κ1) is 110. The molecule has 1 aliphatic carbocycles. The fourth-order valence-corrected chi connectivity index (χ4v) is 20.4. The number of carbonyl (C=O) groups excluding carboxylic acids is 8. The third-order valence-electron chi connectivity index (χ3n) is 25.2. The van der Waals surface area contributed by atoms with Gasteiger partial charge < -0.3 is 82.6 Å². The van der Waals surface area contributed by atoms with E-state index in [2.05, 4.69) is 165 Å². The van der Waals surface area contributed by atoms with Crippen molar-refractivity contribution in [2.75, 3.05) is 60.5 Å². The molecule has 36 heteroatoms. The lowest BCUT2D eigenvalue weighted by Crippen LogP contribution is -2.57. The van der Waals surface area contributed by atoms with Crippen molar-refractivity contribution < 1.29 is 58.8 Å². The molecule has 8 amide bonds. The summed E-state index contributed by atoms with van der Waals surface area (Å²) in [6.07, 6.45) is 16.1. The first-order valence-corrected chi connectivity index (χ1v) is 51.4. The van der Waals surface area contributed by atoms with Gasteiger partial charge in [-0.25, -0.2) is 39.9 Å². The number of hydrogen-bond acceptors (Lipinski definition) is 28. The summed E-state index contributed by atoms with van der Waals surface area (Å²) in [6.45, 7) is 61.9. The maximum absolute atomic E-state index is 13.6. The van der Waals surface area contributed by atoms with Crippen molar-refractivity contribution in [3.05, 3.63) is 114 Å². The number of aliphatic hydroxyl groups is 4. The van der Waals surface area contributed by atoms with Crippen LogP contribution in [-0.4, -0.2) is 247 Å². The number of aromatic nitrogens is 8. The normalized spacial score (nSPS) is 18.9. The van der Waals surface area contributed by atoms with Gasteiger partial charge in [-0.05, 0) is 310 Å². The Balaban J connectivity index is 0.000000190. The van der Waals surface area contributed by atoms with E-state index in [1.54, 1.807) is 94.0 Å². The van der Waals surface area contributed by atoms with Crippen LogP contribution in [0.5, 0.6) is 0 Å². The highest BCUT2D eigenvalue weighted by atomic mass is 32.1. The molecule has 13 rings (SSSR count). The number of nitrogens with one attached hydrogen (secondary N) is 8. The zero-order chi connectivity index (χ0) is 103. The number of hydrogen-bond donors (Lipinski definition) is 12. The van der Waals surface area contributed by atoms with Gasteiger partial charge in [-0.3, -0.25) is 38.4 Å². The van der Waals surface area contributed by atoms with Crippen LogP contribution in [0.1, 0.15) is 354 Å². The van der Waals surface area contributed by atoms with Crippen LogP contribution in [0, 0.1) is 33.1 Å². The fourth-order valence-electron chi connectivity index (χ4n) is 16.3. The first-order chi connectivity index (χ1) is 63.7. The maximum atomic E-state index is 13.6. The molecular formula is C102H150N20O12S4. The number of amides is 8. The van der Waals surface area contributed by atoms with Crippen LogP contribution in [0.2, 0.25) is 0 Å². The molecule has 5 fully saturated rings. The molecule has 0 spiro atoms. The van der Waals surface area contributed by atoms with Crippen molar-refractivity contribution in [2.24, 2.45) is 5.41 Å². The Morgan fingerprint density at radius 2 is 0.739 bits per heavy atom. The second-order valence-electron chi connectivity index (χ2n) is 44.7. The number of carbonyl (C=O) groups is 8. The minimum atomic E-state index is -1.15. The SMILES string of the molecule is Cc1cc(NC(C)(C)C)ncc1-c1sc(C(=O)NC(C)(C)C(C)(C)O)nc1C(=O)N1CCC[C@@H]1C.Cc1cc(NC(C)(C)C)ncc1-c1sc(C(=O)NC2CC(C)(O)C2)nc1C(=O)N1CCC[C@@H]1C.Cc1cc(NC(C)(C)C)ncc1-c1sc(C(=O)NCCC(C)(C)O)nc1C(=O)N1CCC[C@@H]1C.Cc1cc(NCC(C)(C)C)ncc1-c1sc(C(=O)N[C@H](C)C(C)(C)O)nc1C(=O)N1CCC[C@@H]1C. The molecule has 8 aromatic heterocycles. The van der Waals surface area contributed by atoms with Crippen molar-refractivity contribution in [3.63, 3.8) is 0 Å². The minimum Gasteiger partial charge on any atom is -0.390 e. The van der Waals surface area contributed by atoms with E-state index in [4.69, 9.17) is 0 Å². The molecule has 12 N–H and O–H groups in total. The average Bonchev–Trinajstić information content (AvgIpc) is 1.64. The van der Waals surface area contributed by atoms with Crippen LogP contribution in [0.3, 0.4) is 0 Å². The van der Waals surface area contributed by atoms with Crippen LogP contribution in [0.15, 0.2) is 49.1 Å². The summed E-state index contributed by atoms with van der Waals surface area (Å²) in [5, 5.41) is 66.4. The summed E-state index contributed by atoms with van der Waals surface area (Å²) in [4.78, 5) is 152. The molecule has 0 bridgehead atoms. The second kappa shape index (κ2) is 43.6. The van der Waals surface area contributed by atoms with E-state index in [0.29, 0.717) is 82.9 Å². The zero-order valence-electron chi connectivity index (χ0n) is 86.7. The molecule has 0 unspecified atom stereocenters. The van der Waals surface area contributed by atoms with Gasteiger partial charge in [0.25, 0.3) is 47.3 Å². The topological polar surface area (TPSA) is 430 Å². The number of pyridine rings is 4. The zero-order valence-corrected chi connectivity index (χ0v) is 89.9. The van der Waals surface area contributed by atoms with Crippen molar-refractivity contribution >= 4 is 116 Å². The van der Waals surface area contributed by atoms with Gasteiger partial charge in [0.2, 0.25) is 0 Å². The van der Waals surface area contributed by atoms with Gasteiger partial charge in [-0.15, -0.1) is 45.3 Å². The molecule has 754 valence electrons. The molecule has 138 heavy (non-hydrogen) atoms. The van der Waals surface area contributed by atoms with E-state index >= 15 is 0 Å². The number of nitrogens with zero attached hydrogens (tertiary/aromatic N) is 12. The molecule has 1 saturated carbocycles. The molecule has 12 heterocycles. The Morgan fingerprint density at radius 1 is 0.442 bits per heavy atom. The van der Waals surface area contributed by atoms with Gasteiger partial charge in [0.05, 0.1) is 53.5 Å². The third-order valence-corrected chi connectivity index (χ3v) is 29.5. The third kappa shape index (κ3) is 29.1. The Morgan fingerprint density at radius 3 is 1.01 bits per heavy atom. The van der Waals surface area contributed by atoms with Crippen LogP contribution in [-0.2, 0) is 0 Å². The molecule has 5 aliphatic rings. The molecule has 32 nitrogen and oxygen atoms in total. The smallest absolute Gasteiger partial charge is 0.280 e. The lowest BCUT2D eigenvalue weighted by Gasteiger charge is -2.40. The number of likely N-dealkylation sites (tertiary alicyclic amines) is 4. The number of aryl methyl sites for hydroxylation is 4. The summed E-state index contributed by atoms with van der Waals surface area (Å²) in [5.74, 6) is 0.917. The van der Waals surface area contributed by atoms with E-state index in [-0.39, 0.29) is 119 Å². The van der Waals surface area contributed by atoms with E-state index in [1.165, 1.54) is 45.3 Å². The molecular weight excluding hydrogens is 1830 g/mol. The highest BCUT2D eigenvalue weighted by molar-refractivity contribution is 7.18. The van der Waals surface area contributed by atoms with E-state index in [9.17, 15) is 58.8 Å². The van der Waals surface area contributed by atoms with E-state index in [0.717, 1.165) is 126 Å². The highest BCUT2D eigenvalue weighted by Crippen LogP contribution is 2.43. The van der Waals surface area contributed by atoms with Crippen molar-refractivity contribution in [2.45, 2.75) is 359 Å². The fraction of sp³-hybridized carbons (Fsp3) is 0.608. The molecule has 8 aromatic rings. The summed E-state index contributed by atoms with van der Waals surface area (Å²) < 4.78 is 0. The van der Waals surface area contributed by atoms with Crippen molar-refractivity contribution in [1.82, 2.24) is 80.7 Å². The quantitative estimate of drug-likeness (QED) is 0.0253. The van der Waals surface area contributed by atoms with Gasteiger partial charge >= 0.3 is 0 Å². The van der Waals surface area contributed by atoms with Crippen LogP contribution >= 0.6 is 45.3 Å². The number of rotatable bonds is 25. The Kier molecular flexibility index (Phi) is 34.7. The predicted molar refractivity (Wildman–Crippen MR) is 553 cm³/mol. The monoisotopic (exact) mass is 1980 g/mol.